The molecule has 0 atom stereocenters. The van der Waals surface area contributed by atoms with E-state index in [9.17, 15) is 27.6 Å². The van der Waals surface area contributed by atoms with Crippen LogP contribution in [0, 0.1) is 5.82 Å². The lowest BCUT2D eigenvalue weighted by atomic mass is 9.86. The molecule has 0 saturated heterocycles. The molecule has 1 aromatic rings. The number of hydrogen-bond acceptors (Lipinski definition) is 2. The highest BCUT2D eigenvalue weighted by Crippen LogP contribution is 2.37. The van der Waals surface area contributed by atoms with Gasteiger partial charge in [0.15, 0.2) is 5.82 Å². The van der Waals surface area contributed by atoms with Gasteiger partial charge in [-0.25, -0.2) is 4.39 Å². The SMILES string of the molecule is [2H]c1c(C(F)(F)F)c(F)c(C2CCCCC2)n(O)c1=O. The van der Waals surface area contributed by atoms with Crippen molar-refractivity contribution in [2.45, 2.75) is 44.2 Å². The Balaban J connectivity index is 2.68. The van der Waals surface area contributed by atoms with Crippen molar-refractivity contribution >= 4 is 0 Å². The largest absolute Gasteiger partial charge is 0.425 e. The van der Waals surface area contributed by atoms with E-state index in [1.165, 1.54) is 0 Å². The molecule has 106 valence electrons. The smallest absolute Gasteiger partial charge is 0.419 e. The Labute approximate surface area is 107 Å². The molecule has 3 nitrogen and oxygen atoms in total. The fraction of sp³-hybridized carbons (Fsp3) is 0.583. The Hall–Kier alpha value is -1.53. The highest BCUT2D eigenvalue weighted by molar-refractivity contribution is 5.25. The van der Waals surface area contributed by atoms with E-state index in [4.69, 9.17) is 1.37 Å². The lowest BCUT2D eigenvalue weighted by Gasteiger charge is -2.24. The van der Waals surface area contributed by atoms with Gasteiger partial charge in [0.05, 0.1) is 6.93 Å². The minimum atomic E-state index is -5.14. The Morgan fingerprint density at radius 3 is 2.42 bits per heavy atom. The van der Waals surface area contributed by atoms with Gasteiger partial charge in [-0.15, -0.1) is 4.73 Å². The third-order valence-electron chi connectivity index (χ3n) is 3.37. The van der Waals surface area contributed by atoms with Gasteiger partial charge in [-0.2, -0.15) is 13.2 Å². The highest BCUT2D eigenvalue weighted by Gasteiger charge is 2.38. The molecule has 1 fully saturated rings. The van der Waals surface area contributed by atoms with Crippen molar-refractivity contribution in [3.05, 3.63) is 33.5 Å². The zero-order chi connectivity index (χ0) is 15.1. The van der Waals surface area contributed by atoms with Crippen molar-refractivity contribution in [3.8, 4) is 0 Å². The summed E-state index contributed by atoms with van der Waals surface area (Å²) >= 11 is 0. The number of hydrogen-bond donors (Lipinski definition) is 1. The number of pyridine rings is 1. The zero-order valence-electron chi connectivity index (χ0n) is 10.9. The Morgan fingerprint density at radius 2 is 1.89 bits per heavy atom. The first-order valence-electron chi connectivity index (χ1n) is 6.46. The Morgan fingerprint density at radius 1 is 1.32 bits per heavy atom. The highest BCUT2D eigenvalue weighted by atomic mass is 19.4. The summed E-state index contributed by atoms with van der Waals surface area (Å²) in [7, 11) is 0. The molecular formula is C12H13F4NO2. The second kappa shape index (κ2) is 4.86. The molecule has 0 unspecified atom stereocenters. The summed E-state index contributed by atoms with van der Waals surface area (Å²) in [6, 6.07) is -1.57. The minimum absolute atomic E-state index is 0.136. The van der Waals surface area contributed by atoms with Gasteiger partial charge >= 0.3 is 6.18 Å². The van der Waals surface area contributed by atoms with Gasteiger partial charge in [0.1, 0.15) is 5.69 Å². The van der Waals surface area contributed by atoms with Crippen LogP contribution in [0.5, 0.6) is 0 Å². The van der Waals surface area contributed by atoms with Crippen molar-refractivity contribution in [2.75, 3.05) is 0 Å². The number of rotatable bonds is 1. The Kier molecular flexibility index (Phi) is 3.20. The summed E-state index contributed by atoms with van der Waals surface area (Å²) in [5, 5.41) is 9.58. The monoisotopic (exact) mass is 280 g/mol. The topological polar surface area (TPSA) is 42.2 Å². The average Bonchev–Trinajstić information content (AvgIpc) is 2.36. The molecule has 1 heterocycles. The minimum Gasteiger partial charge on any atom is -0.425 e. The average molecular weight is 280 g/mol. The number of aromatic nitrogens is 1. The van der Waals surface area contributed by atoms with Crippen molar-refractivity contribution in [1.82, 2.24) is 4.73 Å². The molecular weight excluding hydrogens is 266 g/mol. The van der Waals surface area contributed by atoms with E-state index in [0.717, 1.165) is 6.42 Å². The number of alkyl halides is 3. The van der Waals surface area contributed by atoms with E-state index in [-0.39, 0.29) is 4.73 Å². The first kappa shape index (κ1) is 12.5. The lowest BCUT2D eigenvalue weighted by Crippen LogP contribution is -2.28. The molecule has 1 aliphatic carbocycles. The van der Waals surface area contributed by atoms with E-state index >= 15 is 0 Å². The fourth-order valence-electron chi connectivity index (χ4n) is 2.47. The third kappa shape index (κ3) is 2.59. The molecule has 0 radical (unpaired) electrons. The number of nitrogens with zero attached hydrogens (tertiary/aromatic N) is 1. The zero-order valence-corrected chi connectivity index (χ0v) is 9.93. The van der Waals surface area contributed by atoms with Gasteiger partial charge in [-0.1, -0.05) is 19.3 Å². The van der Waals surface area contributed by atoms with Crippen molar-refractivity contribution < 1.29 is 24.1 Å². The molecule has 0 aromatic carbocycles. The fourth-order valence-corrected chi connectivity index (χ4v) is 2.47. The van der Waals surface area contributed by atoms with Crippen LogP contribution < -0.4 is 5.56 Å². The van der Waals surface area contributed by atoms with E-state index in [1.807, 2.05) is 0 Å². The van der Waals surface area contributed by atoms with Crippen LogP contribution in [0.4, 0.5) is 17.6 Å². The molecule has 7 heteroatoms. The first-order valence-corrected chi connectivity index (χ1v) is 5.96. The molecule has 2 rings (SSSR count). The molecule has 0 spiro atoms. The summed E-state index contributed by atoms with van der Waals surface area (Å²) < 4.78 is 59.4. The van der Waals surface area contributed by atoms with Gasteiger partial charge in [0.2, 0.25) is 0 Å². The van der Waals surface area contributed by atoms with Gasteiger partial charge in [-0.3, -0.25) is 4.79 Å². The van der Waals surface area contributed by atoms with E-state index < -0.39 is 40.8 Å². The van der Waals surface area contributed by atoms with Crippen LogP contribution >= 0.6 is 0 Å². The quantitative estimate of drug-likeness (QED) is 0.633. The molecule has 1 aromatic heterocycles. The van der Waals surface area contributed by atoms with Crippen LogP contribution in [-0.4, -0.2) is 9.94 Å². The summed E-state index contributed by atoms with van der Waals surface area (Å²) in [6.07, 6.45) is -2.05. The maximum absolute atomic E-state index is 14.1. The second-order valence-electron chi connectivity index (χ2n) is 4.65. The normalized spacial score (nSPS) is 18.4. The molecule has 0 bridgehead atoms. The number of halogens is 4. The van der Waals surface area contributed by atoms with Gasteiger partial charge in [0, 0.05) is 12.0 Å². The van der Waals surface area contributed by atoms with Crippen LogP contribution in [0.2, 0.25) is 0 Å². The predicted octanol–water partition coefficient (Wildman–Crippen LogP) is 3.29. The summed E-state index contributed by atoms with van der Waals surface area (Å²) in [4.78, 5) is 11.5. The maximum Gasteiger partial charge on any atom is 0.419 e. The molecule has 1 N–H and O–H groups in total. The lowest BCUT2D eigenvalue weighted by molar-refractivity contribution is -0.140. The van der Waals surface area contributed by atoms with E-state index in [0.29, 0.717) is 25.7 Å². The van der Waals surface area contributed by atoms with Gasteiger partial charge < -0.3 is 5.21 Å². The van der Waals surface area contributed by atoms with Crippen LogP contribution in [0.1, 0.15) is 50.7 Å². The van der Waals surface area contributed by atoms with Crippen molar-refractivity contribution in [3.63, 3.8) is 0 Å². The van der Waals surface area contributed by atoms with Crippen LogP contribution in [0.25, 0.3) is 0 Å². The van der Waals surface area contributed by atoms with Gasteiger partial charge in [-0.05, 0) is 12.8 Å². The predicted molar refractivity (Wildman–Crippen MR) is 58.7 cm³/mol. The first-order chi connectivity index (χ1) is 9.25. The standard InChI is InChI=1S/C12H13F4NO2/c13-10-8(12(14,15)16)6-9(18)17(19)11(10)7-4-2-1-3-5-7/h6-7,19H,1-5H2/i6D. The van der Waals surface area contributed by atoms with Crippen molar-refractivity contribution in [1.29, 1.82) is 0 Å². The summed E-state index contributed by atoms with van der Waals surface area (Å²) in [6.45, 7) is 0. The van der Waals surface area contributed by atoms with Crippen LogP contribution in [-0.2, 0) is 6.18 Å². The molecule has 0 aliphatic heterocycles. The third-order valence-corrected chi connectivity index (χ3v) is 3.37. The van der Waals surface area contributed by atoms with Gasteiger partial charge in [0.25, 0.3) is 5.56 Å². The summed E-state index contributed by atoms with van der Waals surface area (Å²) in [5.74, 6) is -2.35. The molecule has 1 aliphatic rings. The van der Waals surface area contributed by atoms with Crippen LogP contribution in [0.15, 0.2) is 10.8 Å². The van der Waals surface area contributed by atoms with Crippen LogP contribution in [0.3, 0.4) is 0 Å². The summed E-state index contributed by atoms with van der Waals surface area (Å²) in [5.41, 5.74) is -4.09. The maximum atomic E-state index is 14.1. The van der Waals surface area contributed by atoms with E-state index in [2.05, 4.69) is 0 Å². The molecule has 19 heavy (non-hydrogen) atoms. The Bertz CT molecular complexity index is 576. The molecule has 0 amide bonds. The molecule has 1 saturated carbocycles. The second-order valence-corrected chi connectivity index (χ2v) is 4.65. The van der Waals surface area contributed by atoms with Crippen molar-refractivity contribution in [2.24, 2.45) is 0 Å². The van der Waals surface area contributed by atoms with E-state index in [1.54, 1.807) is 0 Å².